The van der Waals surface area contributed by atoms with Crippen molar-refractivity contribution >= 4 is 26.0 Å². The van der Waals surface area contributed by atoms with Gasteiger partial charge in [0.2, 0.25) is 0 Å². The first-order chi connectivity index (χ1) is 10.9. The minimum absolute atomic E-state index is 0.129. The van der Waals surface area contributed by atoms with Gasteiger partial charge < -0.3 is 13.9 Å². The quantitative estimate of drug-likeness (QED) is 0.257. The van der Waals surface area contributed by atoms with E-state index in [1.54, 1.807) is 6.92 Å². The number of hydrogen-bond donors (Lipinski definition) is 0. The molecule has 0 fully saturated rings. The Morgan fingerprint density at radius 1 is 1.12 bits per heavy atom. The molecule has 0 aliphatic rings. The monoisotopic (exact) mass is 360 g/mol. The topological polar surface area (TPSA) is 78.9 Å². The first-order valence-corrected chi connectivity index (χ1v) is 11.3. The molecule has 0 saturated carbocycles. The van der Waals surface area contributed by atoms with Gasteiger partial charge in [-0.25, -0.2) is 4.79 Å². The molecule has 0 aromatic rings. The van der Waals surface area contributed by atoms with E-state index < -0.39 is 26.4 Å². The van der Waals surface area contributed by atoms with Gasteiger partial charge in [-0.1, -0.05) is 20.8 Å². The van der Waals surface area contributed by atoms with Gasteiger partial charge in [-0.3, -0.25) is 9.59 Å². The highest BCUT2D eigenvalue weighted by Crippen LogP contribution is 2.36. The first kappa shape index (κ1) is 22.8. The number of carbonyl (C=O) groups excluding carboxylic acids is 3. The van der Waals surface area contributed by atoms with Crippen LogP contribution in [0, 0.1) is 0 Å². The van der Waals surface area contributed by atoms with Crippen LogP contribution in [0.25, 0.3) is 0 Å². The van der Waals surface area contributed by atoms with Gasteiger partial charge in [-0.15, -0.1) is 0 Å². The summed E-state index contributed by atoms with van der Waals surface area (Å²) >= 11 is 0. The second-order valence-corrected chi connectivity index (χ2v) is 12.1. The van der Waals surface area contributed by atoms with Crippen molar-refractivity contribution in [2.45, 2.75) is 78.1 Å². The van der Waals surface area contributed by atoms with E-state index in [1.807, 2.05) is 0 Å². The number of ether oxygens (including phenoxy) is 2. The molecule has 0 aliphatic heterocycles. The fourth-order valence-electron chi connectivity index (χ4n) is 1.61. The third-order valence-corrected chi connectivity index (χ3v) is 8.68. The molecular weight excluding hydrogens is 328 g/mol. The van der Waals surface area contributed by atoms with Gasteiger partial charge in [0.25, 0.3) is 0 Å². The summed E-state index contributed by atoms with van der Waals surface area (Å²) in [6, 6.07) is 0. The summed E-state index contributed by atoms with van der Waals surface area (Å²) in [5, 5.41) is 0.129. The second kappa shape index (κ2) is 9.93. The van der Waals surface area contributed by atoms with Crippen LogP contribution < -0.4 is 0 Å². The van der Waals surface area contributed by atoms with Crippen molar-refractivity contribution in [1.29, 1.82) is 0 Å². The van der Waals surface area contributed by atoms with Crippen LogP contribution >= 0.6 is 0 Å². The zero-order valence-electron chi connectivity index (χ0n) is 16.1. The Balaban J connectivity index is 4.06. The maximum Gasteiger partial charge on any atom is 0.347 e. The fraction of sp³-hybridized carbons (Fsp3) is 0.824. The van der Waals surface area contributed by atoms with Crippen LogP contribution in [-0.4, -0.2) is 45.4 Å². The Kier molecular flexibility index (Phi) is 9.43. The van der Waals surface area contributed by atoms with Gasteiger partial charge in [0.15, 0.2) is 14.4 Å². The normalized spacial score (nSPS) is 13.3. The summed E-state index contributed by atoms with van der Waals surface area (Å²) < 4.78 is 15.6. The van der Waals surface area contributed by atoms with Gasteiger partial charge in [0.05, 0.1) is 6.61 Å². The van der Waals surface area contributed by atoms with E-state index in [4.69, 9.17) is 13.9 Å². The Bertz CT molecular complexity index is 439. The molecule has 7 heteroatoms. The highest BCUT2D eigenvalue weighted by atomic mass is 28.4. The molecule has 1 atom stereocenters. The first-order valence-electron chi connectivity index (χ1n) is 8.42. The van der Waals surface area contributed by atoms with E-state index in [-0.39, 0.29) is 30.3 Å². The van der Waals surface area contributed by atoms with Crippen LogP contribution in [0.15, 0.2) is 0 Å². The van der Waals surface area contributed by atoms with Gasteiger partial charge in [-0.2, -0.15) is 0 Å². The molecule has 0 aromatic heterocycles. The standard InChI is InChI=1S/C17H32O6Si/c1-8-21-16(20)13(2)23-15(19)12-14(18)10-9-11-22-24(6,7)17(3,4)5/h13H,8-12H2,1-7H3. The average molecular weight is 361 g/mol. The highest BCUT2D eigenvalue weighted by Gasteiger charge is 2.36. The summed E-state index contributed by atoms with van der Waals surface area (Å²) in [7, 11) is -1.81. The van der Waals surface area contributed by atoms with Crippen LogP contribution in [0.4, 0.5) is 0 Å². The van der Waals surface area contributed by atoms with Crippen molar-refractivity contribution in [2.24, 2.45) is 0 Å². The van der Waals surface area contributed by atoms with Crippen molar-refractivity contribution < 1.29 is 28.3 Å². The molecule has 0 amide bonds. The number of esters is 2. The lowest BCUT2D eigenvalue weighted by atomic mass is 10.2. The molecule has 0 saturated heterocycles. The van der Waals surface area contributed by atoms with Crippen LogP contribution in [0.1, 0.15) is 53.9 Å². The molecule has 0 heterocycles. The molecule has 0 radical (unpaired) electrons. The Labute approximate surface area is 146 Å². The van der Waals surface area contributed by atoms with Crippen LogP contribution in [-0.2, 0) is 28.3 Å². The molecule has 140 valence electrons. The van der Waals surface area contributed by atoms with Crippen molar-refractivity contribution in [3.8, 4) is 0 Å². The van der Waals surface area contributed by atoms with Crippen LogP contribution in [0.3, 0.4) is 0 Å². The summed E-state index contributed by atoms with van der Waals surface area (Å²) in [6.45, 7) is 14.6. The van der Waals surface area contributed by atoms with Gasteiger partial charge in [-0.05, 0) is 38.4 Å². The second-order valence-electron chi connectivity index (χ2n) is 7.31. The molecular formula is C17H32O6Si. The van der Waals surface area contributed by atoms with Crippen molar-refractivity contribution in [3.63, 3.8) is 0 Å². The molecule has 0 rings (SSSR count). The fourth-order valence-corrected chi connectivity index (χ4v) is 2.70. The van der Waals surface area contributed by atoms with Gasteiger partial charge in [0, 0.05) is 13.0 Å². The summed E-state index contributed by atoms with van der Waals surface area (Å²) in [6.07, 6.45) is -0.486. The minimum atomic E-state index is -1.81. The summed E-state index contributed by atoms with van der Waals surface area (Å²) in [5.74, 6) is -1.53. The molecule has 0 aliphatic carbocycles. The molecule has 0 spiro atoms. The number of Topliss-reactive ketones (excluding diaryl/α,β-unsaturated/α-hetero) is 1. The van der Waals surface area contributed by atoms with E-state index in [9.17, 15) is 14.4 Å². The summed E-state index contributed by atoms with van der Waals surface area (Å²) in [4.78, 5) is 34.8. The third kappa shape index (κ3) is 8.59. The number of ketones is 1. The lowest BCUT2D eigenvalue weighted by Gasteiger charge is -2.36. The maximum absolute atomic E-state index is 11.8. The molecule has 0 bridgehead atoms. The average Bonchev–Trinajstić information content (AvgIpc) is 2.42. The molecule has 6 nitrogen and oxygen atoms in total. The SMILES string of the molecule is CCOC(=O)C(C)OC(=O)CC(=O)CCCO[Si](C)(C)C(C)(C)C. The van der Waals surface area contributed by atoms with E-state index in [2.05, 4.69) is 33.9 Å². The van der Waals surface area contributed by atoms with Gasteiger partial charge >= 0.3 is 11.9 Å². The van der Waals surface area contributed by atoms with Crippen molar-refractivity contribution in [3.05, 3.63) is 0 Å². The van der Waals surface area contributed by atoms with Crippen molar-refractivity contribution in [1.82, 2.24) is 0 Å². The largest absolute Gasteiger partial charge is 0.463 e. The zero-order valence-corrected chi connectivity index (χ0v) is 17.1. The van der Waals surface area contributed by atoms with E-state index in [0.717, 1.165) is 0 Å². The maximum atomic E-state index is 11.8. The van der Waals surface area contributed by atoms with Gasteiger partial charge in [0.1, 0.15) is 12.2 Å². The van der Waals surface area contributed by atoms with E-state index in [1.165, 1.54) is 6.92 Å². The summed E-state index contributed by atoms with van der Waals surface area (Å²) in [5.41, 5.74) is 0. The van der Waals surface area contributed by atoms with Crippen molar-refractivity contribution in [2.75, 3.05) is 13.2 Å². The van der Waals surface area contributed by atoms with Crippen LogP contribution in [0.2, 0.25) is 18.1 Å². The number of hydrogen-bond acceptors (Lipinski definition) is 6. The smallest absolute Gasteiger partial charge is 0.347 e. The number of rotatable bonds is 10. The zero-order chi connectivity index (χ0) is 19.0. The Morgan fingerprint density at radius 2 is 1.71 bits per heavy atom. The van der Waals surface area contributed by atoms with E-state index in [0.29, 0.717) is 13.0 Å². The molecule has 24 heavy (non-hydrogen) atoms. The predicted molar refractivity (Wildman–Crippen MR) is 94.2 cm³/mol. The molecule has 1 unspecified atom stereocenters. The number of carbonyl (C=O) groups is 3. The Morgan fingerprint density at radius 3 is 2.21 bits per heavy atom. The molecule has 0 aromatic carbocycles. The third-order valence-electron chi connectivity index (χ3n) is 4.14. The van der Waals surface area contributed by atoms with Crippen LogP contribution in [0.5, 0.6) is 0 Å². The minimum Gasteiger partial charge on any atom is -0.463 e. The van der Waals surface area contributed by atoms with E-state index >= 15 is 0 Å². The predicted octanol–water partition coefficient (Wildman–Crippen LogP) is 3.24. The lowest BCUT2D eigenvalue weighted by Crippen LogP contribution is -2.41. The lowest BCUT2D eigenvalue weighted by molar-refractivity contribution is -0.166. The Hall–Kier alpha value is -1.21. The highest BCUT2D eigenvalue weighted by molar-refractivity contribution is 6.74. The molecule has 0 N–H and O–H groups in total.